The van der Waals surface area contributed by atoms with Gasteiger partial charge < -0.3 is 15.0 Å². The summed E-state index contributed by atoms with van der Waals surface area (Å²) in [6.45, 7) is 1.26. The van der Waals surface area contributed by atoms with Crippen LogP contribution < -0.4 is 14.4 Å². The van der Waals surface area contributed by atoms with Gasteiger partial charge in [0.2, 0.25) is 21.8 Å². The number of halogens is 2. The van der Waals surface area contributed by atoms with Gasteiger partial charge in [-0.25, -0.2) is 8.42 Å². The summed E-state index contributed by atoms with van der Waals surface area (Å²) in [6, 6.07) is 11.2. The molecule has 2 aromatic rings. The second-order valence-electron chi connectivity index (χ2n) is 8.90. The highest BCUT2D eigenvalue weighted by Gasteiger charge is 2.32. The second-order valence-corrected chi connectivity index (χ2v) is 12.2. The summed E-state index contributed by atoms with van der Waals surface area (Å²) < 4.78 is 32.7. The van der Waals surface area contributed by atoms with E-state index >= 15 is 0 Å². The van der Waals surface area contributed by atoms with Gasteiger partial charge in [0.25, 0.3) is 0 Å². The van der Waals surface area contributed by atoms with Crippen molar-refractivity contribution in [1.29, 1.82) is 0 Å². The van der Waals surface area contributed by atoms with Crippen LogP contribution in [0.3, 0.4) is 0 Å². The monoisotopic (exact) mass is 599 g/mol. The highest BCUT2D eigenvalue weighted by atomic mass is 79.9. The van der Waals surface area contributed by atoms with Crippen LogP contribution in [0.5, 0.6) is 5.75 Å². The van der Waals surface area contributed by atoms with E-state index in [1.54, 1.807) is 13.0 Å². The largest absolute Gasteiger partial charge is 0.495 e. The van der Waals surface area contributed by atoms with Gasteiger partial charge in [-0.05, 0) is 55.7 Å². The van der Waals surface area contributed by atoms with Crippen molar-refractivity contribution in [2.24, 2.45) is 0 Å². The van der Waals surface area contributed by atoms with Crippen LogP contribution in [0.15, 0.2) is 46.9 Å². The lowest BCUT2D eigenvalue weighted by Crippen LogP contribution is -2.52. The molecule has 0 heterocycles. The maximum Gasteiger partial charge on any atom is 0.244 e. The molecule has 2 amide bonds. The number of amides is 2. The summed E-state index contributed by atoms with van der Waals surface area (Å²) in [5, 5.41) is 3.33. The van der Waals surface area contributed by atoms with E-state index in [1.165, 1.54) is 24.1 Å². The van der Waals surface area contributed by atoms with E-state index in [0.29, 0.717) is 5.02 Å². The zero-order valence-electron chi connectivity index (χ0n) is 20.5. The van der Waals surface area contributed by atoms with E-state index in [1.807, 2.05) is 24.3 Å². The Hall–Kier alpha value is -2.30. The lowest BCUT2D eigenvalue weighted by atomic mass is 10.1. The van der Waals surface area contributed by atoms with Crippen molar-refractivity contribution in [2.75, 3.05) is 24.2 Å². The van der Waals surface area contributed by atoms with E-state index in [4.69, 9.17) is 16.3 Å². The highest BCUT2D eigenvalue weighted by Crippen LogP contribution is 2.33. The molecular formula is C25H31BrClN3O5S. The number of carbonyl (C=O) groups excluding carboxylic acids is 2. The summed E-state index contributed by atoms with van der Waals surface area (Å²) in [5.74, 6) is -0.545. The first-order valence-electron chi connectivity index (χ1n) is 11.6. The van der Waals surface area contributed by atoms with Crippen molar-refractivity contribution < 1.29 is 22.7 Å². The first-order valence-corrected chi connectivity index (χ1v) is 14.7. The molecule has 0 radical (unpaired) electrons. The van der Waals surface area contributed by atoms with E-state index in [0.717, 1.165) is 46.3 Å². The van der Waals surface area contributed by atoms with Crippen LogP contribution in [-0.4, -0.2) is 57.1 Å². The van der Waals surface area contributed by atoms with E-state index in [-0.39, 0.29) is 29.9 Å². The fourth-order valence-corrected chi connectivity index (χ4v) is 5.72. The van der Waals surface area contributed by atoms with Crippen LogP contribution in [0.2, 0.25) is 5.02 Å². The van der Waals surface area contributed by atoms with Gasteiger partial charge in [-0.15, -0.1) is 0 Å². The maximum atomic E-state index is 13.7. The molecular weight excluding hydrogens is 570 g/mol. The number of anilines is 1. The first kappa shape index (κ1) is 28.3. The lowest BCUT2D eigenvalue weighted by molar-refractivity contribution is -0.139. The molecule has 0 aromatic heterocycles. The summed E-state index contributed by atoms with van der Waals surface area (Å²) in [4.78, 5) is 28.2. The molecule has 1 aliphatic carbocycles. The average Bonchev–Trinajstić information content (AvgIpc) is 3.32. The van der Waals surface area contributed by atoms with E-state index in [2.05, 4.69) is 21.2 Å². The molecule has 1 saturated carbocycles. The van der Waals surface area contributed by atoms with E-state index in [9.17, 15) is 18.0 Å². The van der Waals surface area contributed by atoms with Crippen molar-refractivity contribution in [1.82, 2.24) is 10.2 Å². The summed E-state index contributed by atoms with van der Waals surface area (Å²) >= 11 is 9.57. The van der Waals surface area contributed by atoms with Crippen LogP contribution in [0.4, 0.5) is 5.69 Å². The molecule has 36 heavy (non-hydrogen) atoms. The third-order valence-corrected chi connectivity index (χ3v) is 8.05. The number of nitrogens with zero attached hydrogens (tertiary/aromatic N) is 2. The number of hydrogen-bond donors (Lipinski definition) is 1. The third kappa shape index (κ3) is 7.36. The number of sulfonamides is 1. The smallest absolute Gasteiger partial charge is 0.244 e. The molecule has 8 nitrogen and oxygen atoms in total. The van der Waals surface area contributed by atoms with Gasteiger partial charge in [0.05, 0.1) is 19.1 Å². The SMILES string of the molecule is COc1ccc(Cl)cc1N(CC(=O)N(Cc1cccc(Br)c1)[C@@H](C)C(=O)NC1CCCC1)S(C)(=O)=O. The van der Waals surface area contributed by atoms with Crippen LogP contribution in [0.25, 0.3) is 0 Å². The zero-order chi connectivity index (χ0) is 26.5. The molecule has 11 heteroatoms. The van der Waals surface area contributed by atoms with Crippen LogP contribution >= 0.6 is 27.5 Å². The van der Waals surface area contributed by atoms with Crippen molar-refractivity contribution in [3.63, 3.8) is 0 Å². The van der Waals surface area contributed by atoms with Crippen LogP contribution in [0, 0.1) is 0 Å². The molecule has 0 saturated heterocycles. The third-order valence-electron chi connectivity index (χ3n) is 6.20. The number of benzene rings is 2. The normalized spacial score (nSPS) is 14.8. The molecule has 2 aromatic carbocycles. The van der Waals surface area contributed by atoms with Gasteiger partial charge in [0, 0.05) is 22.1 Å². The maximum absolute atomic E-state index is 13.7. The predicted octanol–water partition coefficient (Wildman–Crippen LogP) is 4.35. The number of methoxy groups -OCH3 is 1. The molecule has 3 rings (SSSR count). The number of carbonyl (C=O) groups is 2. The molecule has 1 aliphatic rings. The molecule has 1 fully saturated rings. The van der Waals surface area contributed by atoms with Crippen molar-refractivity contribution in [2.45, 2.75) is 51.2 Å². The Morgan fingerprint density at radius 3 is 2.50 bits per heavy atom. The van der Waals surface area contributed by atoms with Gasteiger partial charge in [-0.1, -0.05) is 52.5 Å². The quantitative estimate of drug-likeness (QED) is 0.437. The Balaban J connectivity index is 1.93. The fraction of sp³-hybridized carbons (Fsp3) is 0.440. The highest BCUT2D eigenvalue weighted by molar-refractivity contribution is 9.10. The second kappa shape index (κ2) is 12.3. The summed E-state index contributed by atoms with van der Waals surface area (Å²) in [6.07, 6.45) is 4.95. The Bertz CT molecular complexity index is 1200. The number of nitrogens with one attached hydrogen (secondary N) is 1. The summed E-state index contributed by atoms with van der Waals surface area (Å²) in [5.41, 5.74) is 0.941. The molecule has 196 valence electrons. The van der Waals surface area contributed by atoms with Gasteiger partial charge in [-0.3, -0.25) is 13.9 Å². The standard InChI is InChI=1S/C25H31BrClN3O5S/c1-17(25(32)28-21-9-4-5-10-21)29(15-18-7-6-8-19(26)13-18)24(31)16-30(36(3,33)34)22-14-20(27)11-12-23(22)35-2/h6-8,11-14,17,21H,4-5,9-10,15-16H2,1-3H3,(H,28,32)/t17-/m0/s1. The van der Waals surface area contributed by atoms with Gasteiger partial charge in [-0.2, -0.15) is 0 Å². The predicted molar refractivity (Wildman–Crippen MR) is 145 cm³/mol. The van der Waals surface area contributed by atoms with Crippen molar-refractivity contribution in [3.05, 3.63) is 57.5 Å². The average molecular weight is 601 g/mol. The van der Waals surface area contributed by atoms with Crippen LogP contribution in [-0.2, 0) is 26.2 Å². The minimum atomic E-state index is -3.90. The molecule has 0 spiro atoms. The van der Waals surface area contributed by atoms with Gasteiger partial charge >= 0.3 is 0 Å². The Labute approximate surface area is 226 Å². The Morgan fingerprint density at radius 1 is 1.19 bits per heavy atom. The molecule has 0 aliphatic heterocycles. The number of ether oxygens (including phenoxy) is 1. The first-order chi connectivity index (χ1) is 17.0. The molecule has 1 N–H and O–H groups in total. The van der Waals surface area contributed by atoms with Gasteiger partial charge in [0.15, 0.2) is 0 Å². The Morgan fingerprint density at radius 2 is 1.89 bits per heavy atom. The van der Waals surface area contributed by atoms with Crippen LogP contribution in [0.1, 0.15) is 38.2 Å². The summed E-state index contributed by atoms with van der Waals surface area (Å²) in [7, 11) is -2.49. The minimum Gasteiger partial charge on any atom is -0.495 e. The minimum absolute atomic E-state index is 0.0889. The van der Waals surface area contributed by atoms with E-state index < -0.39 is 28.5 Å². The zero-order valence-corrected chi connectivity index (χ0v) is 23.7. The number of rotatable bonds is 10. The molecule has 0 bridgehead atoms. The lowest BCUT2D eigenvalue weighted by Gasteiger charge is -2.32. The van der Waals surface area contributed by atoms with Crippen molar-refractivity contribution in [3.8, 4) is 5.75 Å². The topological polar surface area (TPSA) is 96.0 Å². The van der Waals surface area contributed by atoms with Gasteiger partial charge in [0.1, 0.15) is 18.3 Å². The molecule has 1 atom stereocenters. The fourth-order valence-electron chi connectivity index (χ4n) is 4.26. The molecule has 0 unspecified atom stereocenters. The van der Waals surface area contributed by atoms with Crippen molar-refractivity contribution >= 4 is 55.1 Å². The Kier molecular flexibility index (Phi) is 9.66. The number of hydrogen-bond acceptors (Lipinski definition) is 5.